The molecule has 2 aromatic rings. The molecule has 0 unspecified atom stereocenters. The van der Waals surface area contributed by atoms with Crippen molar-refractivity contribution in [3.05, 3.63) is 65.2 Å². The van der Waals surface area contributed by atoms with Crippen molar-refractivity contribution in [1.82, 2.24) is 0 Å². The summed E-state index contributed by atoms with van der Waals surface area (Å²) in [6.07, 6.45) is 5.91. The molecule has 2 heteroatoms. The minimum Gasteiger partial charge on any atom is -0.508 e. The summed E-state index contributed by atoms with van der Waals surface area (Å²) >= 11 is 0. The Hall–Kier alpha value is -2.22. The summed E-state index contributed by atoms with van der Waals surface area (Å²) in [5, 5.41) is 9.82. The van der Waals surface area contributed by atoms with Gasteiger partial charge in [0, 0.05) is 5.56 Å². The van der Waals surface area contributed by atoms with Crippen LogP contribution in [0.3, 0.4) is 0 Å². The summed E-state index contributed by atoms with van der Waals surface area (Å²) in [6.45, 7) is 4.11. The van der Waals surface area contributed by atoms with Crippen LogP contribution in [0.2, 0.25) is 0 Å². The Morgan fingerprint density at radius 3 is 2.67 bits per heavy atom. The molecule has 0 saturated heterocycles. The highest BCUT2D eigenvalue weighted by Gasteiger charge is 2.21. The van der Waals surface area contributed by atoms with Gasteiger partial charge in [-0.25, -0.2) is 0 Å². The zero-order chi connectivity index (χ0) is 14.9. The monoisotopic (exact) mass is 280 g/mol. The average molecular weight is 280 g/mol. The van der Waals surface area contributed by atoms with Crippen molar-refractivity contribution < 1.29 is 9.84 Å². The minimum atomic E-state index is -0.247. The Morgan fingerprint density at radius 2 is 1.86 bits per heavy atom. The highest BCUT2D eigenvalue weighted by Crippen LogP contribution is 2.32. The van der Waals surface area contributed by atoms with Crippen LogP contribution in [-0.2, 0) is 12.8 Å². The van der Waals surface area contributed by atoms with E-state index >= 15 is 0 Å². The van der Waals surface area contributed by atoms with Crippen molar-refractivity contribution in [2.75, 3.05) is 0 Å². The summed E-state index contributed by atoms with van der Waals surface area (Å²) < 4.78 is 6.00. The van der Waals surface area contributed by atoms with Crippen molar-refractivity contribution in [3.63, 3.8) is 0 Å². The predicted molar refractivity (Wildman–Crippen MR) is 85.7 cm³/mol. The van der Waals surface area contributed by atoms with Gasteiger partial charge in [-0.15, -0.1) is 0 Å². The van der Waals surface area contributed by atoms with Crippen LogP contribution in [-0.4, -0.2) is 10.7 Å². The van der Waals surface area contributed by atoms with Gasteiger partial charge in [-0.05, 0) is 56.0 Å². The molecular weight excluding hydrogens is 260 g/mol. The van der Waals surface area contributed by atoms with E-state index in [1.54, 1.807) is 6.07 Å². The molecule has 0 atom stereocenters. The van der Waals surface area contributed by atoms with E-state index in [1.807, 2.05) is 18.2 Å². The van der Waals surface area contributed by atoms with E-state index in [1.165, 1.54) is 5.56 Å². The van der Waals surface area contributed by atoms with Crippen molar-refractivity contribution >= 4 is 6.08 Å². The van der Waals surface area contributed by atoms with E-state index in [2.05, 4.69) is 44.2 Å². The maximum absolute atomic E-state index is 9.82. The number of rotatable bonds is 3. The molecule has 1 N–H and O–H groups in total. The van der Waals surface area contributed by atoms with Crippen LogP contribution in [0.15, 0.2) is 48.5 Å². The van der Waals surface area contributed by atoms with E-state index in [4.69, 9.17) is 4.74 Å². The summed E-state index contributed by atoms with van der Waals surface area (Å²) in [7, 11) is 0. The van der Waals surface area contributed by atoms with Gasteiger partial charge in [0.2, 0.25) is 0 Å². The third-order valence-corrected chi connectivity index (χ3v) is 3.79. The van der Waals surface area contributed by atoms with Crippen molar-refractivity contribution in [1.29, 1.82) is 0 Å². The van der Waals surface area contributed by atoms with Crippen LogP contribution < -0.4 is 4.74 Å². The van der Waals surface area contributed by atoms with Crippen molar-refractivity contribution in [3.8, 4) is 11.5 Å². The first-order chi connectivity index (χ1) is 10.0. The number of hydrogen-bond acceptors (Lipinski definition) is 2. The number of phenols is 1. The first-order valence-electron chi connectivity index (χ1n) is 7.32. The normalized spacial score (nSPS) is 15.3. The Labute approximate surface area is 125 Å². The summed E-state index contributed by atoms with van der Waals surface area (Å²) in [5.74, 6) is 1.31. The van der Waals surface area contributed by atoms with Crippen LogP contribution in [0.25, 0.3) is 6.08 Å². The number of hydrogen-bond donors (Lipinski definition) is 1. The lowest BCUT2D eigenvalue weighted by Gasteiger charge is -2.28. The third-order valence-electron chi connectivity index (χ3n) is 3.79. The molecule has 108 valence electrons. The van der Waals surface area contributed by atoms with Gasteiger partial charge in [0.25, 0.3) is 0 Å². The summed E-state index contributed by atoms with van der Waals surface area (Å²) in [4.78, 5) is 0. The summed E-state index contributed by atoms with van der Waals surface area (Å²) in [5.41, 5.74) is 3.09. The Morgan fingerprint density at radius 1 is 1.05 bits per heavy atom. The highest BCUT2D eigenvalue weighted by molar-refractivity contribution is 5.61. The zero-order valence-electron chi connectivity index (χ0n) is 12.5. The van der Waals surface area contributed by atoms with Gasteiger partial charge in [-0.2, -0.15) is 0 Å². The van der Waals surface area contributed by atoms with E-state index in [0.717, 1.165) is 29.7 Å². The van der Waals surface area contributed by atoms with E-state index < -0.39 is 0 Å². The average Bonchev–Trinajstić information content (AvgIpc) is 2.45. The van der Waals surface area contributed by atoms with Crippen LogP contribution in [0, 0.1) is 0 Å². The fourth-order valence-corrected chi connectivity index (χ4v) is 2.57. The second-order valence-electron chi connectivity index (χ2n) is 6.04. The van der Waals surface area contributed by atoms with Crippen LogP contribution >= 0.6 is 0 Å². The Bertz CT molecular complexity index is 684. The molecule has 0 bridgehead atoms. The molecule has 3 rings (SSSR count). The number of ether oxygens (including phenoxy) is 1. The first kappa shape index (κ1) is 13.7. The molecule has 2 nitrogen and oxygen atoms in total. The molecular formula is C19H20O2. The van der Waals surface area contributed by atoms with Gasteiger partial charge < -0.3 is 9.84 Å². The number of benzene rings is 2. The predicted octanol–water partition coefficient (Wildman–Crippen LogP) is 4.36. The number of fused-ring (bicyclic) bond motifs is 1. The van der Waals surface area contributed by atoms with Gasteiger partial charge in [-0.1, -0.05) is 36.4 Å². The lowest BCUT2D eigenvalue weighted by molar-refractivity contribution is 0.159. The Kier molecular flexibility index (Phi) is 3.46. The number of phenolic OH excluding ortho intramolecular Hbond substituents is 1. The molecule has 0 aliphatic carbocycles. The van der Waals surface area contributed by atoms with Crippen molar-refractivity contribution in [2.45, 2.75) is 32.3 Å². The molecule has 2 aromatic carbocycles. The lowest BCUT2D eigenvalue weighted by atomic mass is 9.98. The maximum Gasteiger partial charge on any atom is 0.128 e. The van der Waals surface area contributed by atoms with Crippen LogP contribution in [0.1, 0.15) is 30.5 Å². The number of aryl methyl sites for hydroxylation is 2. The van der Waals surface area contributed by atoms with Gasteiger partial charge in [0.1, 0.15) is 17.1 Å². The molecule has 1 heterocycles. The van der Waals surface area contributed by atoms with E-state index in [-0.39, 0.29) is 5.60 Å². The fraction of sp³-hybridized carbons (Fsp3) is 0.263. The number of aromatic hydroxyl groups is 1. The lowest BCUT2D eigenvalue weighted by Crippen LogP contribution is -2.27. The first-order valence-corrected chi connectivity index (χ1v) is 7.32. The molecule has 0 spiro atoms. The van der Waals surface area contributed by atoms with Crippen molar-refractivity contribution in [2.24, 2.45) is 0 Å². The molecule has 0 fully saturated rings. The fourth-order valence-electron chi connectivity index (χ4n) is 2.57. The smallest absolute Gasteiger partial charge is 0.128 e. The van der Waals surface area contributed by atoms with Gasteiger partial charge in [0.15, 0.2) is 0 Å². The molecule has 1 aliphatic heterocycles. The second-order valence-corrected chi connectivity index (χ2v) is 6.04. The standard InChI is InChI=1S/C19H20O2/c1-19(2)12-11-16-10-8-14(13-18(16)21-19)7-9-15-5-3-4-6-17(15)20/h3-6,8,10-13,20H,7,9H2,1-2H3. The molecule has 1 aliphatic rings. The highest BCUT2D eigenvalue weighted by atomic mass is 16.5. The van der Waals surface area contributed by atoms with Crippen LogP contribution in [0.4, 0.5) is 0 Å². The largest absolute Gasteiger partial charge is 0.508 e. The molecule has 0 saturated carbocycles. The second kappa shape index (κ2) is 5.28. The van der Waals surface area contributed by atoms with Gasteiger partial charge in [-0.3, -0.25) is 0 Å². The maximum atomic E-state index is 9.82. The SMILES string of the molecule is CC1(C)C=Cc2ccc(CCc3ccccc3O)cc2O1. The summed E-state index contributed by atoms with van der Waals surface area (Å²) in [6, 6.07) is 13.8. The van der Waals surface area contributed by atoms with Gasteiger partial charge >= 0.3 is 0 Å². The molecule has 0 radical (unpaired) electrons. The quantitative estimate of drug-likeness (QED) is 0.905. The van der Waals surface area contributed by atoms with E-state index in [9.17, 15) is 5.11 Å². The van der Waals surface area contributed by atoms with Gasteiger partial charge in [0.05, 0.1) is 0 Å². The minimum absolute atomic E-state index is 0.247. The topological polar surface area (TPSA) is 29.5 Å². The molecule has 21 heavy (non-hydrogen) atoms. The zero-order valence-corrected chi connectivity index (χ0v) is 12.5. The number of para-hydroxylation sites is 1. The van der Waals surface area contributed by atoms with E-state index in [0.29, 0.717) is 5.75 Å². The molecule has 0 aromatic heterocycles. The third kappa shape index (κ3) is 3.10. The Balaban J connectivity index is 1.76. The van der Waals surface area contributed by atoms with Crippen LogP contribution in [0.5, 0.6) is 11.5 Å². The molecule has 0 amide bonds.